The minimum Gasteiger partial charge on any atom is -0.467 e. The molecule has 4 nitrogen and oxygen atoms in total. The predicted octanol–water partition coefficient (Wildman–Crippen LogP) is 5.86. The molecule has 152 valence electrons. The molecular weight excluding hydrogens is 358 g/mol. The zero-order valence-electron chi connectivity index (χ0n) is 18.2. The van der Waals surface area contributed by atoms with Crippen molar-refractivity contribution in [3.63, 3.8) is 0 Å². The Morgan fingerprint density at radius 2 is 1.79 bits per heavy atom. The van der Waals surface area contributed by atoms with E-state index in [1.807, 2.05) is 0 Å². The highest BCUT2D eigenvalue weighted by Gasteiger charge is 2.26. The molecule has 3 aromatic rings. The quantitative estimate of drug-likeness (QED) is 0.507. The first-order valence-corrected chi connectivity index (χ1v) is 10.7. The fraction of sp³-hybridized carbons (Fsp3) is 0.440. The summed E-state index contributed by atoms with van der Waals surface area (Å²) in [7, 11) is 1.65. The molecule has 0 amide bonds. The summed E-state index contributed by atoms with van der Waals surface area (Å²) >= 11 is 0. The van der Waals surface area contributed by atoms with Crippen molar-refractivity contribution < 1.29 is 4.74 Å². The van der Waals surface area contributed by atoms with Crippen LogP contribution in [0.4, 0.5) is 5.82 Å². The van der Waals surface area contributed by atoms with Crippen molar-refractivity contribution in [3.05, 3.63) is 47.0 Å². The number of aromatic nitrogens is 2. The van der Waals surface area contributed by atoms with Gasteiger partial charge < -0.3 is 9.64 Å². The SMILES string of the molecule is CCCN(CC1CC1)c1nc(OC)nc2c(-c3c(C)cc(C)cc3C)cccc12. The summed E-state index contributed by atoms with van der Waals surface area (Å²) in [6.07, 6.45) is 3.75. The van der Waals surface area contributed by atoms with Crippen LogP contribution in [0.25, 0.3) is 22.0 Å². The van der Waals surface area contributed by atoms with Gasteiger partial charge in [-0.15, -0.1) is 0 Å². The molecular formula is C25H31N3O. The normalized spacial score (nSPS) is 13.7. The fourth-order valence-corrected chi connectivity index (χ4v) is 4.42. The molecule has 0 spiro atoms. The Hall–Kier alpha value is -2.62. The number of fused-ring (bicyclic) bond motifs is 1. The van der Waals surface area contributed by atoms with Crippen molar-refractivity contribution in [1.82, 2.24) is 9.97 Å². The Morgan fingerprint density at radius 1 is 1.07 bits per heavy atom. The van der Waals surface area contributed by atoms with Crippen LogP contribution >= 0.6 is 0 Å². The molecule has 29 heavy (non-hydrogen) atoms. The van der Waals surface area contributed by atoms with Crippen LogP contribution in [0.5, 0.6) is 6.01 Å². The molecule has 1 heterocycles. The number of para-hydroxylation sites is 1. The molecule has 0 aliphatic heterocycles. The van der Waals surface area contributed by atoms with E-state index in [2.05, 4.69) is 62.9 Å². The fourth-order valence-electron chi connectivity index (χ4n) is 4.42. The van der Waals surface area contributed by atoms with Crippen LogP contribution in [0, 0.1) is 26.7 Å². The van der Waals surface area contributed by atoms with Crippen molar-refractivity contribution >= 4 is 16.7 Å². The van der Waals surface area contributed by atoms with Gasteiger partial charge in [0, 0.05) is 24.0 Å². The highest BCUT2D eigenvalue weighted by Crippen LogP contribution is 2.38. The Bertz CT molecular complexity index is 1020. The molecule has 1 saturated carbocycles. The molecule has 4 rings (SSSR count). The summed E-state index contributed by atoms with van der Waals surface area (Å²) in [5.41, 5.74) is 7.23. The lowest BCUT2D eigenvalue weighted by atomic mass is 9.92. The monoisotopic (exact) mass is 389 g/mol. The van der Waals surface area contributed by atoms with E-state index in [1.165, 1.54) is 35.1 Å². The summed E-state index contributed by atoms with van der Waals surface area (Å²) in [4.78, 5) is 12.1. The van der Waals surface area contributed by atoms with Gasteiger partial charge in [0.25, 0.3) is 0 Å². The second-order valence-corrected chi connectivity index (χ2v) is 8.40. The highest BCUT2D eigenvalue weighted by molar-refractivity contribution is 6.00. The molecule has 0 unspecified atom stereocenters. The van der Waals surface area contributed by atoms with E-state index in [0.29, 0.717) is 6.01 Å². The average molecular weight is 390 g/mol. The Kier molecular flexibility index (Phi) is 5.44. The average Bonchev–Trinajstić information content (AvgIpc) is 3.50. The van der Waals surface area contributed by atoms with Gasteiger partial charge in [-0.3, -0.25) is 0 Å². The van der Waals surface area contributed by atoms with Gasteiger partial charge in [0.1, 0.15) is 5.82 Å². The van der Waals surface area contributed by atoms with Gasteiger partial charge in [0.2, 0.25) is 0 Å². The first-order valence-electron chi connectivity index (χ1n) is 10.7. The van der Waals surface area contributed by atoms with E-state index in [4.69, 9.17) is 14.7 Å². The lowest BCUT2D eigenvalue weighted by Crippen LogP contribution is -2.28. The van der Waals surface area contributed by atoms with Gasteiger partial charge in [-0.05, 0) is 68.7 Å². The van der Waals surface area contributed by atoms with E-state index < -0.39 is 0 Å². The number of hydrogen-bond acceptors (Lipinski definition) is 4. The van der Waals surface area contributed by atoms with Crippen LogP contribution in [-0.2, 0) is 0 Å². The van der Waals surface area contributed by atoms with Crippen molar-refractivity contribution in [2.45, 2.75) is 47.0 Å². The van der Waals surface area contributed by atoms with Gasteiger partial charge in [0.05, 0.1) is 12.6 Å². The highest BCUT2D eigenvalue weighted by atomic mass is 16.5. The van der Waals surface area contributed by atoms with Gasteiger partial charge in [-0.1, -0.05) is 36.8 Å². The Labute approximate surface area is 173 Å². The van der Waals surface area contributed by atoms with Crippen LogP contribution in [0.1, 0.15) is 42.9 Å². The van der Waals surface area contributed by atoms with Gasteiger partial charge >= 0.3 is 6.01 Å². The number of aryl methyl sites for hydroxylation is 3. The topological polar surface area (TPSA) is 38.2 Å². The number of nitrogens with zero attached hydrogens (tertiary/aromatic N) is 3. The third kappa shape index (κ3) is 3.93. The Balaban J connectivity index is 1.95. The summed E-state index contributed by atoms with van der Waals surface area (Å²) in [5.74, 6) is 1.80. The number of methoxy groups -OCH3 is 1. The van der Waals surface area contributed by atoms with Gasteiger partial charge in [-0.25, -0.2) is 0 Å². The molecule has 4 heteroatoms. The van der Waals surface area contributed by atoms with Crippen molar-refractivity contribution in [1.29, 1.82) is 0 Å². The summed E-state index contributed by atoms with van der Waals surface area (Å²) in [6, 6.07) is 11.4. The van der Waals surface area contributed by atoms with Crippen LogP contribution < -0.4 is 9.64 Å². The third-order valence-corrected chi connectivity index (χ3v) is 5.78. The summed E-state index contributed by atoms with van der Waals surface area (Å²) < 4.78 is 5.53. The van der Waals surface area contributed by atoms with Crippen LogP contribution in [0.2, 0.25) is 0 Å². The maximum Gasteiger partial charge on any atom is 0.318 e. The number of benzene rings is 2. The van der Waals surface area contributed by atoms with Gasteiger partial charge in [0.15, 0.2) is 0 Å². The molecule has 0 saturated heterocycles. The molecule has 0 atom stereocenters. The van der Waals surface area contributed by atoms with E-state index >= 15 is 0 Å². The molecule has 0 radical (unpaired) electrons. The first-order chi connectivity index (χ1) is 14.0. The van der Waals surface area contributed by atoms with Crippen molar-refractivity contribution in [2.24, 2.45) is 5.92 Å². The molecule has 1 aliphatic carbocycles. The maximum atomic E-state index is 5.53. The van der Waals surface area contributed by atoms with E-state index in [9.17, 15) is 0 Å². The summed E-state index contributed by atoms with van der Waals surface area (Å²) in [6.45, 7) is 10.8. The first kappa shape index (κ1) is 19.7. The van der Waals surface area contributed by atoms with E-state index in [1.54, 1.807) is 7.11 Å². The second kappa shape index (κ2) is 8.02. The van der Waals surface area contributed by atoms with E-state index in [-0.39, 0.29) is 0 Å². The van der Waals surface area contributed by atoms with Crippen molar-refractivity contribution in [3.8, 4) is 17.1 Å². The third-order valence-electron chi connectivity index (χ3n) is 5.78. The largest absolute Gasteiger partial charge is 0.467 e. The maximum absolute atomic E-state index is 5.53. The minimum atomic E-state index is 0.444. The molecule has 0 bridgehead atoms. The lowest BCUT2D eigenvalue weighted by Gasteiger charge is -2.25. The van der Waals surface area contributed by atoms with Crippen LogP contribution in [0.3, 0.4) is 0 Å². The van der Waals surface area contributed by atoms with Crippen LogP contribution in [-0.4, -0.2) is 30.2 Å². The van der Waals surface area contributed by atoms with Gasteiger partial charge in [-0.2, -0.15) is 9.97 Å². The van der Waals surface area contributed by atoms with E-state index in [0.717, 1.165) is 47.7 Å². The number of rotatable bonds is 7. The van der Waals surface area contributed by atoms with Crippen LogP contribution in [0.15, 0.2) is 30.3 Å². The van der Waals surface area contributed by atoms with Crippen molar-refractivity contribution in [2.75, 3.05) is 25.1 Å². The predicted molar refractivity (Wildman–Crippen MR) is 121 cm³/mol. The molecule has 1 fully saturated rings. The standard InChI is InChI=1S/C25H31N3O/c1-6-12-28(15-19-10-11-19)24-21-9-7-8-20(23(21)26-25(27-24)29-5)22-17(3)13-16(2)14-18(22)4/h7-9,13-14,19H,6,10-12,15H2,1-5H3. The number of hydrogen-bond donors (Lipinski definition) is 0. The lowest BCUT2D eigenvalue weighted by molar-refractivity contribution is 0.381. The second-order valence-electron chi connectivity index (χ2n) is 8.40. The summed E-state index contributed by atoms with van der Waals surface area (Å²) in [5, 5.41) is 1.11. The Morgan fingerprint density at radius 3 is 2.41 bits per heavy atom. The molecule has 0 N–H and O–H groups in total. The zero-order valence-corrected chi connectivity index (χ0v) is 18.2. The smallest absolute Gasteiger partial charge is 0.318 e. The molecule has 1 aliphatic rings. The number of ether oxygens (including phenoxy) is 1. The molecule has 2 aromatic carbocycles. The zero-order chi connectivity index (χ0) is 20.5. The number of anilines is 1. The minimum absolute atomic E-state index is 0.444. The molecule has 1 aromatic heterocycles.